The summed E-state index contributed by atoms with van der Waals surface area (Å²) in [4.78, 5) is 10.9. The SMILES string of the molecule is Cc1cc(C(=O)O)c(N)cc1C1OCCO1. The van der Waals surface area contributed by atoms with Crippen LogP contribution in [0.1, 0.15) is 27.8 Å². The van der Waals surface area contributed by atoms with E-state index in [2.05, 4.69) is 0 Å². The van der Waals surface area contributed by atoms with E-state index >= 15 is 0 Å². The Hall–Kier alpha value is -1.59. The van der Waals surface area contributed by atoms with E-state index in [1.54, 1.807) is 6.07 Å². The van der Waals surface area contributed by atoms with Crippen LogP contribution in [0.2, 0.25) is 0 Å². The van der Waals surface area contributed by atoms with E-state index in [0.717, 1.165) is 11.1 Å². The summed E-state index contributed by atoms with van der Waals surface area (Å²) < 4.78 is 10.7. The van der Waals surface area contributed by atoms with Crippen LogP contribution >= 0.6 is 0 Å². The number of hydrogen-bond donors (Lipinski definition) is 2. The summed E-state index contributed by atoms with van der Waals surface area (Å²) in [5.74, 6) is -1.03. The highest BCUT2D eigenvalue weighted by molar-refractivity contribution is 5.94. The number of anilines is 1. The van der Waals surface area contributed by atoms with Gasteiger partial charge in [0.2, 0.25) is 0 Å². The molecule has 0 saturated carbocycles. The maximum Gasteiger partial charge on any atom is 0.337 e. The minimum Gasteiger partial charge on any atom is -0.478 e. The first-order chi connectivity index (χ1) is 7.59. The van der Waals surface area contributed by atoms with E-state index < -0.39 is 12.3 Å². The summed E-state index contributed by atoms with van der Waals surface area (Å²) in [6, 6.07) is 3.15. The molecule has 1 saturated heterocycles. The first-order valence-corrected chi connectivity index (χ1v) is 4.96. The van der Waals surface area contributed by atoms with Crippen molar-refractivity contribution in [1.29, 1.82) is 0 Å². The van der Waals surface area contributed by atoms with Gasteiger partial charge >= 0.3 is 5.97 Å². The molecule has 1 aliphatic rings. The molecular formula is C11H13NO4. The van der Waals surface area contributed by atoms with Crippen molar-refractivity contribution in [2.75, 3.05) is 18.9 Å². The van der Waals surface area contributed by atoms with Crippen molar-refractivity contribution in [3.63, 3.8) is 0 Å². The third kappa shape index (κ3) is 1.87. The maximum absolute atomic E-state index is 10.9. The summed E-state index contributed by atoms with van der Waals surface area (Å²) in [7, 11) is 0. The molecule has 0 amide bonds. The predicted molar refractivity (Wildman–Crippen MR) is 57.2 cm³/mol. The summed E-state index contributed by atoms with van der Waals surface area (Å²) in [5, 5.41) is 8.90. The van der Waals surface area contributed by atoms with Gasteiger partial charge in [0, 0.05) is 11.3 Å². The van der Waals surface area contributed by atoms with Crippen LogP contribution in [0.5, 0.6) is 0 Å². The number of ether oxygens (including phenoxy) is 2. The molecule has 0 unspecified atom stereocenters. The average molecular weight is 223 g/mol. The number of benzene rings is 1. The van der Waals surface area contributed by atoms with E-state index in [1.807, 2.05) is 6.92 Å². The second kappa shape index (κ2) is 4.11. The van der Waals surface area contributed by atoms with E-state index in [1.165, 1.54) is 6.07 Å². The van der Waals surface area contributed by atoms with Gasteiger partial charge < -0.3 is 20.3 Å². The molecule has 3 N–H and O–H groups in total. The Morgan fingerprint density at radius 1 is 1.44 bits per heavy atom. The number of aromatic carboxylic acids is 1. The third-order valence-corrected chi connectivity index (χ3v) is 2.54. The van der Waals surface area contributed by atoms with Gasteiger partial charge in [-0.15, -0.1) is 0 Å². The first-order valence-electron chi connectivity index (χ1n) is 4.96. The van der Waals surface area contributed by atoms with Gasteiger partial charge in [-0.2, -0.15) is 0 Å². The molecule has 1 aromatic carbocycles. The molecule has 1 aromatic rings. The normalized spacial score (nSPS) is 16.6. The summed E-state index contributed by atoms with van der Waals surface area (Å²) in [6.45, 7) is 2.90. The van der Waals surface area contributed by atoms with E-state index in [0.29, 0.717) is 13.2 Å². The smallest absolute Gasteiger partial charge is 0.337 e. The Kier molecular flexibility index (Phi) is 2.80. The van der Waals surface area contributed by atoms with Gasteiger partial charge in [-0.3, -0.25) is 0 Å². The predicted octanol–water partition coefficient (Wildman–Crippen LogP) is 1.32. The Bertz CT molecular complexity index is 424. The van der Waals surface area contributed by atoms with Crippen molar-refractivity contribution in [2.45, 2.75) is 13.2 Å². The van der Waals surface area contributed by atoms with E-state index in [4.69, 9.17) is 20.3 Å². The van der Waals surface area contributed by atoms with Crippen LogP contribution in [0, 0.1) is 6.92 Å². The first kappa shape index (κ1) is 10.9. The molecule has 1 aliphatic heterocycles. The number of nitrogen functional groups attached to an aromatic ring is 1. The van der Waals surface area contributed by atoms with Crippen LogP contribution in [-0.2, 0) is 9.47 Å². The highest BCUT2D eigenvalue weighted by atomic mass is 16.7. The monoisotopic (exact) mass is 223 g/mol. The summed E-state index contributed by atoms with van der Waals surface area (Å²) >= 11 is 0. The number of aryl methyl sites for hydroxylation is 1. The Morgan fingerprint density at radius 3 is 2.62 bits per heavy atom. The second-order valence-corrected chi connectivity index (χ2v) is 3.67. The molecule has 0 spiro atoms. The third-order valence-electron chi connectivity index (χ3n) is 2.54. The lowest BCUT2D eigenvalue weighted by atomic mass is 10.0. The lowest BCUT2D eigenvalue weighted by Crippen LogP contribution is -2.07. The molecule has 5 heteroatoms. The fourth-order valence-corrected chi connectivity index (χ4v) is 1.72. The Labute approximate surface area is 92.8 Å². The molecule has 0 bridgehead atoms. The summed E-state index contributed by atoms with van der Waals surface area (Å²) in [6.07, 6.45) is -0.426. The molecule has 0 aromatic heterocycles. The molecule has 86 valence electrons. The van der Waals surface area contributed by atoms with Gasteiger partial charge in [-0.1, -0.05) is 0 Å². The van der Waals surface area contributed by atoms with E-state index in [9.17, 15) is 4.79 Å². The lowest BCUT2D eigenvalue weighted by molar-refractivity contribution is -0.0445. The van der Waals surface area contributed by atoms with Gasteiger partial charge in [0.25, 0.3) is 0 Å². The number of carboxylic acids is 1. The number of nitrogens with two attached hydrogens (primary N) is 1. The van der Waals surface area contributed by atoms with Crippen LogP contribution in [0.25, 0.3) is 0 Å². The fraction of sp³-hybridized carbons (Fsp3) is 0.364. The zero-order valence-corrected chi connectivity index (χ0v) is 8.90. The molecular weight excluding hydrogens is 210 g/mol. The minimum atomic E-state index is -1.03. The van der Waals surface area contributed by atoms with Crippen LogP contribution < -0.4 is 5.73 Å². The van der Waals surface area contributed by atoms with Gasteiger partial charge in [-0.25, -0.2) is 4.79 Å². The average Bonchev–Trinajstić information content (AvgIpc) is 2.73. The highest BCUT2D eigenvalue weighted by Gasteiger charge is 2.22. The number of hydrogen-bond acceptors (Lipinski definition) is 4. The number of carbonyl (C=O) groups is 1. The van der Waals surface area contributed by atoms with Gasteiger partial charge in [-0.05, 0) is 24.6 Å². The van der Waals surface area contributed by atoms with Crippen LogP contribution in [0.4, 0.5) is 5.69 Å². The van der Waals surface area contributed by atoms with Gasteiger partial charge in [0.05, 0.1) is 18.8 Å². The van der Waals surface area contributed by atoms with Crippen LogP contribution in [0.15, 0.2) is 12.1 Å². The molecule has 2 rings (SSSR count). The maximum atomic E-state index is 10.9. The van der Waals surface area contributed by atoms with Crippen molar-refractivity contribution >= 4 is 11.7 Å². The van der Waals surface area contributed by atoms with Crippen molar-refractivity contribution in [3.8, 4) is 0 Å². The highest BCUT2D eigenvalue weighted by Crippen LogP contribution is 2.29. The minimum absolute atomic E-state index is 0.110. The molecule has 5 nitrogen and oxygen atoms in total. The standard InChI is InChI=1S/C11H13NO4/c1-6-4-8(10(13)14)9(12)5-7(6)11-15-2-3-16-11/h4-5,11H,2-3,12H2,1H3,(H,13,14). The van der Waals surface area contributed by atoms with Crippen LogP contribution in [-0.4, -0.2) is 24.3 Å². The van der Waals surface area contributed by atoms with Crippen LogP contribution in [0.3, 0.4) is 0 Å². The fourth-order valence-electron chi connectivity index (χ4n) is 1.72. The Balaban J connectivity index is 2.40. The summed E-state index contributed by atoms with van der Waals surface area (Å²) in [5.41, 5.74) is 7.60. The van der Waals surface area contributed by atoms with Crippen molar-refractivity contribution in [3.05, 3.63) is 28.8 Å². The second-order valence-electron chi connectivity index (χ2n) is 3.67. The molecule has 1 fully saturated rings. The van der Waals surface area contributed by atoms with E-state index in [-0.39, 0.29) is 11.3 Å². The molecule has 0 atom stereocenters. The van der Waals surface area contributed by atoms with Crippen molar-refractivity contribution in [2.24, 2.45) is 0 Å². The molecule has 1 heterocycles. The number of rotatable bonds is 2. The van der Waals surface area contributed by atoms with Gasteiger partial charge in [0.1, 0.15) is 0 Å². The van der Waals surface area contributed by atoms with Gasteiger partial charge in [0.15, 0.2) is 6.29 Å². The molecule has 16 heavy (non-hydrogen) atoms. The molecule has 0 radical (unpaired) electrons. The zero-order chi connectivity index (χ0) is 11.7. The largest absolute Gasteiger partial charge is 0.478 e. The van der Waals surface area contributed by atoms with Crippen molar-refractivity contribution in [1.82, 2.24) is 0 Å². The quantitative estimate of drug-likeness (QED) is 0.739. The number of carboxylic acid groups (broad SMARTS) is 1. The zero-order valence-electron chi connectivity index (χ0n) is 8.90. The lowest BCUT2D eigenvalue weighted by Gasteiger charge is -2.14. The topological polar surface area (TPSA) is 81.8 Å². The molecule has 0 aliphatic carbocycles. The van der Waals surface area contributed by atoms with Crippen molar-refractivity contribution < 1.29 is 19.4 Å². The Morgan fingerprint density at radius 2 is 2.06 bits per heavy atom.